The van der Waals surface area contributed by atoms with Crippen molar-refractivity contribution in [3.05, 3.63) is 470 Å². The Morgan fingerprint density at radius 2 is 0.512 bits per heavy atom. The summed E-state index contributed by atoms with van der Waals surface area (Å²) < 4.78 is 7.24. The maximum absolute atomic E-state index is 5.60. The fourth-order valence-corrected chi connectivity index (χ4v) is 11.3. The van der Waals surface area contributed by atoms with E-state index < -0.39 is 0 Å². The molecule has 13 aromatic rings. The molecule has 13 rings (SSSR count). The van der Waals surface area contributed by atoms with Gasteiger partial charge in [0.15, 0.2) is 0 Å². The van der Waals surface area contributed by atoms with Gasteiger partial charge in [0.25, 0.3) is 0 Å². The molecule has 2 N–H and O–H groups in total. The summed E-state index contributed by atoms with van der Waals surface area (Å²) in [4.78, 5) is 0. The van der Waals surface area contributed by atoms with Crippen molar-refractivity contribution in [1.82, 2.24) is 0 Å². The third-order valence-electron chi connectivity index (χ3n) is 15.4. The molecule has 13 aromatic carbocycles. The molecule has 0 bridgehead atoms. The molecule has 121 heavy (non-hydrogen) atoms. The summed E-state index contributed by atoms with van der Waals surface area (Å²) in [5.74, 6) is 49.0. The highest BCUT2D eigenvalue weighted by atomic mass is 79.9. The van der Waals surface area contributed by atoms with Gasteiger partial charge in [-0.25, -0.2) is 0 Å². The minimum Gasteiger partial charge on any atom is -0.399 e. The smallest absolute Gasteiger partial charge is 0.0391 e. The fourth-order valence-electron chi connectivity index (χ4n) is 8.85. The Balaban J connectivity index is 0.000000355. The molecule has 1 nitrogen and oxygen atoms in total. The normalized spacial score (nSPS) is 9.10. The van der Waals surface area contributed by atoms with Gasteiger partial charge >= 0.3 is 0 Å². The van der Waals surface area contributed by atoms with Crippen LogP contribution >= 0.6 is 125 Å². The molecule has 0 spiro atoms. The number of rotatable bonds is 1. The molecular formula is C112H84Br7NS. The van der Waals surface area contributed by atoms with Gasteiger partial charge in [-0.1, -0.05) is 280 Å². The van der Waals surface area contributed by atoms with Gasteiger partial charge < -0.3 is 5.73 Å². The summed E-state index contributed by atoms with van der Waals surface area (Å²) in [5, 5.41) is 0. The molecule has 0 saturated carbocycles. The van der Waals surface area contributed by atoms with E-state index in [0.29, 0.717) is 0 Å². The molecule has 0 radical (unpaired) electrons. The first kappa shape index (κ1) is 103. The lowest BCUT2D eigenvalue weighted by Crippen LogP contribution is -1.83. The van der Waals surface area contributed by atoms with Crippen LogP contribution in [0.2, 0.25) is 0 Å². The van der Waals surface area contributed by atoms with Crippen LogP contribution in [-0.4, -0.2) is 0 Å². The van der Waals surface area contributed by atoms with E-state index in [1.165, 1.54) is 16.7 Å². The first-order chi connectivity index (χ1) is 57.5. The molecule has 0 saturated heterocycles. The van der Waals surface area contributed by atoms with Crippen LogP contribution in [0.25, 0.3) is 0 Å². The first-order valence-electron chi connectivity index (χ1n) is 36.2. The third-order valence-corrected chi connectivity index (χ3v) is 19.5. The van der Waals surface area contributed by atoms with Crippen molar-refractivity contribution in [3.63, 3.8) is 0 Å². The highest BCUT2D eigenvalue weighted by molar-refractivity contribution is 9.11. The lowest BCUT2D eigenvalue weighted by atomic mass is 10.1. The van der Waals surface area contributed by atoms with Gasteiger partial charge in [-0.2, -0.15) is 13.5 Å². The van der Waals surface area contributed by atoms with Crippen LogP contribution in [0.4, 0.5) is 5.69 Å². The van der Waals surface area contributed by atoms with Crippen molar-refractivity contribution in [2.45, 2.75) is 42.0 Å². The Labute approximate surface area is 786 Å². The summed E-state index contributed by atoms with van der Waals surface area (Å²) in [5.41, 5.74) is 26.4. The van der Waals surface area contributed by atoms with E-state index in [4.69, 9.17) is 50.7 Å². The zero-order valence-electron chi connectivity index (χ0n) is 66.4. The van der Waals surface area contributed by atoms with Crippen LogP contribution < -0.4 is 5.73 Å². The van der Waals surface area contributed by atoms with E-state index >= 15 is 0 Å². The zero-order chi connectivity index (χ0) is 86.4. The zero-order valence-corrected chi connectivity index (χ0v) is 78.5. The number of allylic oxidation sites excluding steroid dienone is 4. The van der Waals surface area contributed by atoms with Crippen LogP contribution in [0.3, 0.4) is 0 Å². The standard InChI is InChI=1S/C18H10.2C15H11Br.C15H13N.C14H8Br2.C10H10.3C8H5Br.CH4.H2S/c1-3-15-5-9-17(10-6-15)13-14-18-11-7-16(4-2)8-12-18;1-12-2-4-13(5-3-12)6-7-14-8-10-15(16)11-9-14;1-12-4-2-5-13(10-12)8-9-14-6-3-7-15(16)11-14;1-12-2-4-13(5-3-12)6-7-14-8-10-15(16)11-9-14;15-13-7-3-1-5-11(13)9-10-12-6-2-4-8-14(12)16;1-5-9(3)7-8-10(4)6-2;1-2-7-3-5-8(9)6-4-7;1-2-7-4-3-5-8(9)6-7;1-2-7-5-3-4-6-8(7)9;;/h1-2,5-12H;2-5,8-11H,1H3;2-7,10-11H,1H3;2-5,8-11H,16H2,1H3;1-8H;1-2,7-8H,3-4H3;3*1,3-6H;1H4;1H2/b;;;;;9-7+,10-8+;;;;;. The molecule has 9 heteroatoms. The van der Waals surface area contributed by atoms with Crippen molar-refractivity contribution < 1.29 is 0 Å². The quantitative estimate of drug-likeness (QED) is 0.0989. The fraction of sp³-hybridized carbons (Fsp3) is 0.0536. The lowest BCUT2D eigenvalue weighted by molar-refractivity contribution is 1.45. The molecule has 0 aliphatic carbocycles. The van der Waals surface area contributed by atoms with Gasteiger partial charge in [-0.05, 0) is 330 Å². The van der Waals surface area contributed by atoms with Crippen LogP contribution in [0.5, 0.6) is 0 Å². The second-order valence-electron chi connectivity index (χ2n) is 24.8. The molecule has 0 aliphatic heterocycles. The molecule has 0 unspecified atom stereocenters. The van der Waals surface area contributed by atoms with E-state index in [1.807, 2.05) is 305 Å². The van der Waals surface area contributed by atoms with Gasteiger partial charge in [-0.15, -0.1) is 45.0 Å². The van der Waals surface area contributed by atoms with E-state index in [2.05, 4.69) is 269 Å². The second-order valence-corrected chi connectivity index (χ2v) is 31.0. The maximum Gasteiger partial charge on any atom is 0.0391 e. The molecule has 0 aromatic heterocycles. The number of nitrogen functional groups attached to an aromatic ring is 1. The predicted molar refractivity (Wildman–Crippen MR) is 548 cm³/mol. The summed E-state index contributed by atoms with van der Waals surface area (Å²) in [6.07, 6.45) is 39.9. The second kappa shape index (κ2) is 60.1. The van der Waals surface area contributed by atoms with Crippen LogP contribution in [0.1, 0.15) is 121 Å². The van der Waals surface area contributed by atoms with E-state index in [-0.39, 0.29) is 20.9 Å². The first-order valence-corrected chi connectivity index (χ1v) is 41.8. The Morgan fingerprint density at radius 3 is 0.810 bits per heavy atom. The average molecular weight is 2040 g/mol. The Bertz CT molecular complexity index is 5810. The topological polar surface area (TPSA) is 26.0 Å². The maximum atomic E-state index is 5.60. The van der Waals surface area contributed by atoms with E-state index in [0.717, 1.165) is 132 Å². The molecule has 592 valence electrons. The number of hydrogen-bond acceptors (Lipinski definition) is 1. The van der Waals surface area contributed by atoms with E-state index in [9.17, 15) is 0 Å². The summed E-state index contributed by atoms with van der Waals surface area (Å²) >= 11 is 23.7. The van der Waals surface area contributed by atoms with Gasteiger partial charge in [-0.3, -0.25) is 0 Å². The highest BCUT2D eigenvalue weighted by Gasteiger charge is 1.99. The van der Waals surface area contributed by atoms with Gasteiger partial charge in [0.05, 0.1) is 0 Å². The van der Waals surface area contributed by atoms with Crippen molar-refractivity contribution in [1.29, 1.82) is 0 Å². The van der Waals surface area contributed by atoms with Gasteiger partial charge in [0.2, 0.25) is 0 Å². The Hall–Kier alpha value is -12.4. The van der Waals surface area contributed by atoms with Crippen molar-refractivity contribution in [3.8, 4) is 146 Å². The number of halogens is 7. The number of nitrogens with two attached hydrogens (primary N) is 1. The predicted octanol–water partition coefficient (Wildman–Crippen LogP) is 29.1. The molecular weight excluding hydrogens is 1950 g/mol. The SMILES string of the molecule is Brc1ccccc1C#Cc1ccccc1Br.C.C#C/C(C)=C/C=C(\C)C#C.C#Cc1ccc(Br)cc1.C#Cc1ccc(C#Cc2ccc(C#C)cc2)cc1.C#Cc1cccc(Br)c1.C#Cc1ccccc1Br.Cc1ccc(C#Cc2ccc(Br)cc2)cc1.Cc1ccc(C#Cc2ccc(N)cc2)cc1.Cc1cccc(C#Cc2cccc(Br)c2)c1.S. The van der Waals surface area contributed by atoms with Crippen LogP contribution in [0.15, 0.2) is 370 Å². The third kappa shape index (κ3) is 44.3. The number of benzene rings is 13. The van der Waals surface area contributed by atoms with E-state index in [1.54, 1.807) is 0 Å². The van der Waals surface area contributed by atoms with Gasteiger partial charge in [0.1, 0.15) is 0 Å². The number of anilines is 1. The van der Waals surface area contributed by atoms with Crippen molar-refractivity contribution in [2.75, 3.05) is 5.73 Å². The van der Waals surface area contributed by atoms with Gasteiger partial charge in [0, 0.05) is 120 Å². The molecule has 0 aliphatic rings. The van der Waals surface area contributed by atoms with Crippen LogP contribution in [-0.2, 0) is 0 Å². The highest BCUT2D eigenvalue weighted by Crippen LogP contribution is 2.20. The average Bonchev–Trinajstić information content (AvgIpc) is 0.871. The minimum absolute atomic E-state index is 0. The van der Waals surface area contributed by atoms with Crippen LogP contribution in [0, 0.1) is 166 Å². The molecule has 0 fully saturated rings. The molecule has 0 atom stereocenters. The number of terminal acetylenes is 7. The summed E-state index contributed by atoms with van der Waals surface area (Å²) in [6, 6.07) is 102. The monoisotopic (exact) mass is 2030 g/mol. The molecule has 0 heterocycles. The Morgan fingerprint density at radius 1 is 0.248 bits per heavy atom. The lowest BCUT2D eigenvalue weighted by Gasteiger charge is -1.95. The summed E-state index contributed by atoms with van der Waals surface area (Å²) in [6.45, 7) is 9.94. The number of aryl methyl sites for hydroxylation is 3. The summed E-state index contributed by atoms with van der Waals surface area (Å²) in [7, 11) is 0. The van der Waals surface area contributed by atoms with Crippen molar-refractivity contribution >= 4 is 131 Å². The minimum atomic E-state index is 0. The molecule has 0 amide bonds. The van der Waals surface area contributed by atoms with Crippen molar-refractivity contribution in [2.24, 2.45) is 0 Å². The number of hydrogen-bond donors (Lipinski definition) is 1. The largest absolute Gasteiger partial charge is 0.399 e. The Kier molecular flexibility index (Phi) is 51.0.